The summed E-state index contributed by atoms with van der Waals surface area (Å²) in [6.07, 6.45) is -0.575. The van der Waals surface area contributed by atoms with Crippen molar-refractivity contribution < 1.29 is 34.1 Å². The van der Waals surface area contributed by atoms with Gasteiger partial charge in [0.05, 0.1) is 6.42 Å². The van der Waals surface area contributed by atoms with E-state index in [1.807, 2.05) is 0 Å². The van der Waals surface area contributed by atoms with E-state index in [0.717, 1.165) is 13.0 Å². The summed E-state index contributed by atoms with van der Waals surface area (Å²) >= 11 is 0. The molecule has 20 heavy (non-hydrogen) atoms. The standard InChI is InChI=1S/C13H12O7/c1-7(14)20-11-4-2-8(6-9(11)13(18)19)10(15)3-5-12(16)17/h2,4,6H,3,5H2,1H3,(H,16,17)(H,18,19). The van der Waals surface area contributed by atoms with Crippen LogP contribution in [-0.4, -0.2) is 33.9 Å². The third kappa shape index (κ3) is 4.20. The quantitative estimate of drug-likeness (QED) is 0.458. The van der Waals surface area contributed by atoms with Crippen LogP contribution in [0.25, 0.3) is 0 Å². The first kappa shape index (κ1) is 15.4. The van der Waals surface area contributed by atoms with E-state index in [2.05, 4.69) is 0 Å². The third-order valence-electron chi connectivity index (χ3n) is 2.35. The molecule has 0 saturated carbocycles. The normalized spacial score (nSPS) is 9.85. The molecule has 1 aromatic carbocycles. The van der Waals surface area contributed by atoms with Crippen molar-refractivity contribution >= 4 is 23.7 Å². The van der Waals surface area contributed by atoms with E-state index in [1.165, 1.54) is 12.1 Å². The van der Waals surface area contributed by atoms with Crippen LogP contribution in [0.2, 0.25) is 0 Å². The lowest BCUT2D eigenvalue weighted by molar-refractivity contribution is -0.137. The van der Waals surface area contributed by atoms with E-state index in [4.69, 9.17) is 14.9 Å². The number of carboxylic acids is 2. The number of ketones is 1. The number of Topliss-reactive ketones (excluding diaryl/α,β-unsaturated/α-hetero) is 1. The second-order valence-corrected chi connectivity index (χ2v) is 3.93. The van der Waals surface area contributed by atoms with Gasteiger partial charge >= 0.3 is 17.9 Å². The number of carboxylic acid groups (broad SMARTS) is 2. The van der Waals surface area contributed by atoms with Gasteiger partial charge < -0.3 is 14.9 Å². The summed E-state index contributed by atoms with van der Waals surface area (Å²) in [6.45, 7) is 1.12. The molecule has 0 unspecified atom stereocenters. The van der Waals surface area contributed by atoms with Crippen LogP contribution < -0.4 is 4.74 Å². The smallest absolute Gasteiger partial charge is 0.339 e. The van der Waals surface area contributed by atoms with Crippen LogP contribution in [-0.2, 0) is 9.59 Å². The van der Waals surface area contributed by atoms with Crippen molar-refractivity contribution in [3.63, 3.8) is 0 Å². The molecule has 0 aliphatic heterocycles. The van der Waals surface area contributed by atoms with Gasteiger partial charge in [-0.25, -0.2) is 4.79 Å². The molecule has 0 aliphatic carbocycles. The lowest BCUT2D eigenvalue weighted by Crippen LogP contribution is -2.10. The van der Waals surface area contributed by atoms with Crippen LogP contribution in [0.4, 0.5) is 0 Å². The van der Waals surface area contributed by atoms with E-state index in [1.54, 1.807) is 0 Å². The summed E-state index contributed by atoms with van der Waals surface area (Å²) in [4.78, 5) is 44.0. The topological polar surface area (TPSA) is 118 Å². The van der Waals surface area contributed by atoms with Crippen molar-refractivity contribution in [3.8, 4) is 5.75 Å². The fourth-order valence-electron chi connectivity index (χ4n) is 1.48. The van der Waals surface area contributed by atoms with Crippen LogP contribution >= 0.6 is 0 Å². The zero-order chi connectivity index (χ0) is 15.3. The first-order valence-electron chi connectivity index (χ1n) is 5.62. The van der Waals surface area contributed by atoms with Gasteiger partial charge in [0.2, 0.25) is 0 Å². The highest BCUT2D eigenvalue weighted by Gasteiger charge is 2.17. The molecule has 0 amide bonds. The molecule has 7 nitrogen and oxygen atoms in total. The predicted molar refractivity (Wildman–Crippen MR) is 65.9 cm³/mol. The number of carbonyl (C=O) groups excluding carboxylic acids is 2. The minimum absolute atomic E-state index is 0.0551. The average molecular weight is 280 g/mol. The lowest BCUT2D eigenvalue weighted by atomic mass is 10.0. The molecule has 0 radical (unpaired) electrons. The van der Waals surface area contributed by atoms with Crippen molar-refractivity contribution in [2.45, 2.75) is 19.8 Å². The second kappa shape index (κ2) is 6.46. The number of rotatable bonds is 6. The Hall–Kier alpha value is -2.70. The van der Waals surface area contributed by atoms with Crippen molar-refractivity contribution in [2.75, 3.05) is 0 Å². The highest BCUT2D eigenvalue weighted by Crippen LogP contribution is 2.21. The number of ether oxygens (including phenoxy) is 1. The maximum Gasteiger partial charge on any atom is 0.339 e. The van der Waals surface area contributed by atoms with Gasteiger partial charge in [-0.3, -0.25) is 14.4 Å². The Labute approximate surface area is 113 Å². The van der Waals surface area contributed by atoms with Crippen LogP contribution in [0, 0.1) is 0 Å². The molecule has 0 atom stereocenters. The average Bonchev–Trinajstić information content (AvgIpc) is 2.35. The Balaban J connectivity index is 3.03. The van der Waals surface area contributed by atoms with Crippen LogP contribution in [0.1, 0.15) is 40.5 Å². The fraction of sp³-hybridized carbons (Fsp3) is 0.231. The molecular formula is C13H12O7. The van der Waals surface area contributed by atoms with Gasteiger partial charge in [0, 0.05) is 18.9 Å². The van der Waals surface area contributed by atoms with Gasteiger partial charge in [-0.05, 0) is 18.2 Å². The van der Waals surface area contributed by atoms with Crippen molar-refractivity contribution in [1.29, 1.82) is 0 Å². The van der Waals surface area contributed by atoms with E-state index in [0.29, 0.717) is 0 Å². The highest BCUT2D eigenvalue weighted by molar-refractivity contribution is 6.01. The number of esters is 1. The zero-order valence-corrected chi connectivity index (χ0v) is 10.6. The molecule has 0 bridgehead atoms. The Morgan fingerprint density at radius 3 is 2.25 bits per heavy atom. The molecule has 0 saturated heterocycles. The van der Waals surface area contributed by atoms with Gasteiger partial charge in [-0.2, -0.15) is 0 Å². The number of aromatic carboxylic acids is 1. The minimum Gasteiger partial charge on any atom is -0.481 e. The Bertz CT molecular complexity index is 574. The molecule has 0 heterocycles. The zero-order valence-electron chi connectivity index (χ0n) is 10.6. The summed E-state index contributed by atoms with van der Waals surface area (Å²) in [5.41, 5.74) is -0.277. The fourth-order valence-corrected chi connectivity index (χ4v) is 1.48. The molecule has 1 aromatic rings. The van der Waals surface area contributed by atoms with Gasteiger partial charge in [-0.15, -0.1) is 0 Å². The molecule has 0 aliphatic rings. The van der Waals surface area contributed by atoms with E-state index < -0.39 is 23.7 Å². The number of aliphatic carboxylic acids is 1. The summed E-state index contributed by atoms with van der Waals surface area (Å²) in [5, 5.41) is 17.5. The summed E-state index contributed by atoms with van der Waals surface area (Å²) in [6, 6.07) is 3.54. The maximum absolute atomic E-state index is 11.7. The molecule has 1 rings (SSSR count). The first-order chi connectivity index (χ1) is 9.31. The van der Waals surface area contributed by atoms with Crippen molar-refractivity contribution in [1.82, 2.24) is 0 Å². The molecule has 2 N–H and O–H groups in total. The van der Waals surface area contributed by atoms with Crippen molar-refractivity contribution in [3.05, 3.63) is 29.3 Å². The monoisotopic (exact) mass is 280 g/mol. The molecule has 0 fully saturated rings. The number of benzene rings is 1. The van der Waals surface area contributed by atoms with Gasteiger partial charge in [0.1, 0.15) is 11.3 Å². The number of hydrogen-bond acceptors (Lipinski definition) is 5. The molecule has 0 spiro atoms. The third-order valence-corrected chi connectivity index (χ3v) is 2.35. The highest BCUT2D eigenvalue weighted by atomic mass is 16.5. The summed E-state index contributed by atoms with van der Waals surface area (Å²) < 4.78 is 4.71. The Morgan fingerprint density at radius 2 is 1.75 bits per heavy atom. The summed E-state index contributed by atoms with van der Waals surface area (Å²) in [7, 11) is 0. The SMILES string of the molecule is CC(=O)Oc1ccc(C(=O)CCC(=O)O)cc1C(=O)O. The van der Waals surface area contributed by atoms with E-state index >= 15 is 0 Å². The maximum atomic E-state index is 11.7. The van der Waals surface area contributed by atoms with E-state index in [-0.39, 0.29) is 29.7 Å². The van der Waals surface area contributed by atoms with Crippen LogP contribution in [0.5, 0.6) is 5.75 Å². The van der Waals surface area contributed by atoms with Crippen molar-refractivity contribution in [2.24, 2.45) is 0 Å². The molecular weight excluding hydrogens is 268 g/mol. The Kier molecular flexibility index (Phi) is 4.96. The molecule has 7 heteroatoms. The molecule has 106 valence electrons. The number of carbonyl (C=O) groups is 4. The Morgan fingerprint density at radius 1 is 1.10 bits per heavy atom. The van der Waals surface area contributed by atoms with E-state index in [9.17, 15) is 19.2 Å². The van der Waals surface area contributed by atoms with Gasteiger partial charge in [0.15, 0.2) is 5.78 Å². The second-order valence-electron chi connectivity index (χ2n) is 3.93. The van der Waals surface area contributed by atoms with Gasteiger partial charge in [0.25, 0.3) is 0 Å². The minimum atomic E-state index is -1.35. The van der Waals surface area contributed by atoms with Gasteiger partial charge in [-0.1, -0.05) is 0 Å². The predicted octanol–water partition coefficient (Wildman–Crippen LogP) is 1.36. The number of hydrogen-bond donors (Lipinski definition) is 2. The van der Waals surface area contributed by atoms with Crippen LogP contribution in [0.15, 0.2) is 18.2 Å². The molecule has 0 aromatic heterocycles. The summed E-state index contributed by atoms with van der Waals surface area (Å²) in [5.74, 6) is -3.82. The van der Waals surface area contributed by atoms with Crippen LogP contribution in [0.3, 0.4) is 0 Å². The largest absolute Gasteiger partial charge is 0.481 e. The first-order valence-corrected chi connectivity index (χ1v) is 5.62. The lowest BCUT2D eigenvalue weighted by Gasteiger charge is -2.07.